The molecule has 1 aliphatic heterocycles. The highest BCUT2D eigenvalue weighted by Crippen LogP contribution is 2.22. The SMILES string of the molecule is O=C(O)CC1SC(=NN=Cc2cccc3cc(Br)cnc23)NC1=O. The van der Waals surface area contributed by atoms with E-state index in [1.54, 1.807) is 12.4 Å². The molecule has 2 aromatic rings. The minimum absolute atomic E-state index is 0.249. The van der Waals surface area contributed by atoms with Gasteiger partial charge in [-0.1, -0.05) is 30.0 Å². The van der Waals surface area contributed by atoms with E-state index >= 15 is 0 Å². The molecule has 1 amide bonds. The number of halogens is 1. The molecule has 1 aromatic heterocycles. The van der Waals surface area contributed by atoms with Gasteiger partial charge in [0.1, 0.15) is 5.25 Å². The van der Waals surface area contributed by atoms with E-state index in [0.717, 1.165) is 32.7 Å². The lowest BCUT2D eigenvalue weighted by Crippen LogP contribution is -2.26. The number of rotatable bonds is 4. The van der Waals surface area contributed by atoms with Gasteiger partial charge < -0.3 is 10.4 Å². The van der Waals surface area contributed by atoms with Crippen molar-refractivity contribution in [2.45, 2.75) is 11.7 Å². The Bertz CT molecular complexity index is 884. The second-order valence-electron chi connectivity index (χ2n) is 4.92. The van der Waals surface area contributed by atoms with Gasteiger partial charge in [0.25, 0.3) is 0 Å². The number of thioether (sulfide) groups is 1. The number of nitrogens with one attached hydrogen (secondary N) is 1. The van der Waals surface area contributed by atoms with Crippen LogP contribution in [0.2, 0.25) is 0 Å². The first-order chi connectivity index (χ1) is 11.5. The van der Waals surface area contributed by atoms with E-state index in [1.807, 2.05) is 24.3 Å². The molecule has 7 nitrogen and oxygen atoms in total. The quantitative estimate of drug-likeness (QED) is 0.598. The van der Waals surface area contributed by atoms with Crippen molar-refractivity contribution in [1.29, 1.82) is 0 Å². The Hall–Kier alpha value is -2.26. The predicted octanol–water partition coefficient (Wildman–Crippen LogP) is 2.39. The van der Waals surface area contributed by atoms with Gasteiger partial charge in [-0.25, -0.2) is 0 Å². The van der Waals surface area contributed by atoms with Gasteiger partial charge in [0.05, 0.1) is 18.2 Å². The summed E-state index contributed by atoms with van der Waals surface area (Å²) in [6.07, 6.45) is 3.00. The molecule has 122 valence electrons. The molecule has 0 radical (unpaired) electrons. The van der Waals surface area contributed by atoms with Crippen molar-refractivity contribution >= 4 is 61.9 Å². The Kier molecular flexibility index (Phi) is 4.91. The Morgan fingerprint density at radius 3 is 3.12 bits per heavy atom. The maximum atomic E-state index is 11.6. The molecule has 1 unspecified atom stereocenters. The highest BCUT2D eigenvalue weighted by Gasteiger charge is 2.32. The minimum Gasteiger partial charge on any atom is -0.481 e. The third-order valence-corrected chi connectivity index (χ3v) is 4.70. The van der Waals surface area contributed by atoms with Crippen LogP contribution in [0, 0.1) is 0 Å². The average Bonchev–Trinajstić information content (AvgIpc) is 2.86. The summed E-state index contributed by atoms with van der Waals surface area (Å²) in [7, 11) is 0. The monoisotopic (exact) mass is 406 g/mol. The lowest BCUT2D eigenvalue weighted by atomic mass is 10.1. The van der Waals surface area contributed by atoms with Crippen LogP contribution in [0.4, 0.5) is 0 Å². The lowest BCUT2D eigenvalue weighted by molar-refractivity contribution is -0.138. The number of benzene rings is 1. The van der Waals surface area contributed by atoms with Crippen molar-refractivity contribution < 1.29 is 14.7 Å². The van der Waals surface area contributed by atoms with Crippen LogP contribution in [0.5, 0.6) is 0 Å². The summed E-state index contributed by atoms with van der Waals surface area (Å²) in [6.45, 7) is 0. The van der Waals surface area contributed by atoms with Gasteiger partial charge in [0, 0.05) is 21.6 Å². The topological polar surface area (TPSA) is 104 Å². The van der Waals surface area contributed by atoms with Gasteiger partial charge in [-0.3, -0.25) is 14.6 Å². The molecule has 3 rings (SSSR count). The Balaban J connectivity index is 1.77. The van der Waals surface area contributed by atoms with Crippen LogP contribution < -0.4 is 5.32 Å². The molecule has 0 spiro atoms. The summed E-state index contributed by atoms with van der Waals surface area (Å²) in [5, 5.41) is 19.8. The maximum absolute atomic E-state index is 11.6. The summed E-state index contributed by atoms with van der Waals surface area (Å²) in [4.78, 5) is 26.7. The molecule has 9 heteroatoms. The Morgan fingerprint density at radius 2 is 2.33 bits per heavy atom. The number of amidine groups is 1. The van der Waals surface area contributed by atoms with E-state index < -0.39 is 11.2 Å². The number of aromatic nitrogens is 1. The minimum atomic E-state index is -1.03. The summed E-state index contributed by atoms with van der Waals surface area (Å²) >= 11 is 4.44. The van der Waals surface area contributed by atoms with Crippen LogP contribution in [0.25, 0.3) is 10.9 Å². The number of carbonyl (C=O) groups excluding carboxylic acids is 1. The van der Waals surface area contributed by atoms with Crippen molar-refractivity contribution in [3.05, 3.63) is 40.5 Å². The largest absolute Gasteiger partial charge is 0.481 e. The van der Waals surface area contributed by atoms with Crippen LogP contribution in [0.3, 0.4) is 0 Å². The number of nitrogens with zero attached hydrogens (tertiary/aromatic N) is 3. The average molecular weight is 407 g/mol. The fourth-order valence-corrected chi connectivity index (χ4v) is 3.41. The zero-order valence-electron chi connectivity index (χ0n) is 12.1. The van der Waals surface area contributed by atoms with Crippen LogP contribution in [-0.4, -0.2) is 38.6 Å². The molecular formula is C15H11BrN4O3S. The zero-order valence-corrected chi connectivity index (χ0v) is 14.5. The molecule has 1 saturated heterocycles. The molecule has 0 aliphatic carbocycles. The highest BCUT2D eigenvalue weighted by atomic mass is 79.9. The molecular weight excluding hydrogens is 396 g/mol. The van der Waals surface area contributed by atoms with E-state index in [2.05, 4.69) is 36.4 Å². The van der Waals surface area contributed by atoms with Gasteiger partial charge in [0.2, 0.25) is 5.91 Å². The Labute approximate surface area is 149 Å². The van der Waals surface area contributed by atoms with Crippen molar-refractivity contribution in [2.75, 3.05) is 0 Å². The molecule has 1 fully saturated rings. The molecule has 2 N–H and O–H groups in total. The fourth-order valence-electron chi connectivity index (χ4n) is 2.15. The maximum Gasteiger partial charge on any atom is 0.305 e. The first kappa shape index (κ1) is 16.6. The number of carbonyl (C=O) groups is 2. The van der Waals surface area contributed by atoms with E-state index in [4.69, 9.17) is 5.11 Å². The van der Waals surface area contributed by atoms with Crippen LogP contribution in [0.1, 0.15) is 12.0 Å². The molecule has 24 heavy (non-hydrogen) atoms. The fraction of sp³-hybridized carbons (Fsp3) is 0.133. The van der Waals surface area contributed by atoms with E-state index in [-0.39, 0.29) is 12.3 Å². The Morgan fingerprint density at radius 1 is 1.50 bits per heavy atom. The van der Waals surface area contributed by atoms with Crippen LogP contribution in [0.15, 0.2) is 45.1 Å². The second kappa shape index (κ2) is 7.10. The van der Waals surface area contributed by atoms with E-state index in [1.165, 1.54) is 0 Å². The normalized spacial score (nSPS) is 19.3. The molecule has 1 atom stereocenters. The number of amides is 1. The van der Waals surface area contributed by atoms with Gasteiger partial charge in [0.15, 0.2) is 5.17 Å². The number of hydrogen-bond acceptors (Lipinski definition) is 6. The summed E-state index contributed by atoms with van der Waals surface area (Å²) in [6, 6.07) is 7.65. The highest BCUT2D eigenvalue weighted by molar-refractivity contribution is 9.10. The van der Waals surface area contributed by atoms with Crippen LogP contribution in [-0.2, 0) is 9.59 Å². The second-order valence-corrected chi connectivity index (χ2v) is 7.02. The summed E-state index contributed by atoms with van der Waals surface area (Å²) < 4.78 is 0.888. The zero-order chi connectivity index (χ0) is 17.1. The smallest absolute Gasteiger partial charge is 0.305 e. The number of carboxylic acids is 1. The van der Waals surface area contributed by atoms with Gasteiger partial charge in [-0.15, -0.1) is 5.10 Å². The van der Waals surface area contributed by atoms with E-state index in [9.17, 15) is 9.59 Å². The summed E-state index contributed by atoms with van der Waals surface area (Å²) in [5.41, 5.74) is 1.58. The van der Waals surface area contributed by atoms with Crippen molar-refractivity contribution in [1.82, 2.24) is 10.3 Å². The van der Waals surface area contributed by atoms with Gasteiger partial charge in [-0.05, 0) is 22.0 Å². The number of fused-ring (bicyclic) bond motifs is 1. The number of para-hydroxylation sites is 1. The third kappa shape index (κ3) is 3.80. The van der Waals surface area contributed by atoms with Crippen molar-refractivity contribution in [3.63, 3.8) is 0 Å². The van der Waals surface area contributed by atoms with Crippen LogP contribution >= 0.6 is 27.7 Å². The lowest BCUT2D eigenvalue weighted by Gasteiger charge is -2.00. The molecule has 1 aliphatic rings. The van der Waals surface area contributed by atoms with Gasteiger partial charge >= 0.3 is 5.97 Å². The first-order valence-corrected chi connectivity index (χ1v) is 8.55. The number of aliphatic carboxylic acids is 1. The molecule has 0 saturated carbocycles. The number of carboxylic acid groups (broad SMARTS) is 1. The number of pyridine rings is 1. The first-order valence-electron chi connectivity index (χ1n) is 6.87. The molecule has 1 aromatic carbocycles. The number of hydrogen-bond donors (Lipinski definition) is 2. The molecule has 0 bridgehead atoms. The van der Waals surface area contributed by atoms with Crippen molar-refractivity contribution in [3.8, 4) is 0 Å². The predicted molar refractivity (Wildman–Crippen MR) is 96.2 cm³/mol. The summed E-state index contributed by atoms with van der Waals surface area (Å²) in [5.74, 6) is -1.39. The van der Waals surface area contributed by atoms with E-state index in [0.29, 0.717) is 5.17 Å². The van der Waals surface area contributed by atoms with Crippen molar-refractivity contribution in [2.24, 2.45) is 10.2 Å². The molecule has 2 heterocycles. The van der Waals surface area contributed by atoms with Gasteiger partial charge in [-0.2, -0.15) is 5.10 Å². The third-order valence-electron chi connectivity index (χ3n) is 3.19. The standard InChI is InChI=1S/C15H11BrN4O3S/c16-10-4-8-2-1-3-9(13(8)17-7-10)6-18-20-15-19-14(23)11(24-15)5-12(21)22/h1-4,6-7,11H,5H2,(H,21,22)(H,19,20,23).